The molecule has 0 aliphatic heterocycles. The third-order valence-electron chi connectivity index (χ3n) is 2.88. The first-order valence-corrected chi connectivity index (χ1v) is 6.17. The van der Waals surface area contributed by atoms with Crippen LogP contribution in [0, 0.1) is 0 Å². The first-order chi connectivity index (χ1) is 7.11. The molecule has 0 aliphatic carbocycles. The van der Waals surface area contributed by atoms with Crippen molar-refractivity contribution in [2.75, 3.05) is 7.11 Å². The number of hydrogen-bond donors (Lipinski definition) is 1. The quantitative estimate of drug-likeness (QED) is 0.842. The fourth-order valence-corrected chi connectivity index (χ4v) is 2.65. The molecule has 1 heterocycles. The SMILES string of the molecule is CCc1nc(C(C)(CC)OC)sc1CN. The van der Waals surface area contributed by atoms with E-state index in [1.54, 1.807) is 18.4 Å². The van der Waals surface area contributed by atoms with Gasteiger partial charge in [0.2, 0.25) is 0 Å². The van der Waals surface area contributed by atoms with Gasteiger partial charge in [0, 0.05) is 18.5 Å². The summed E-state index contributed by atoms with van der Waals surface area (Å²) < 4.78 is 5.54. The van der Waals surface area contributed by atoms with Crippen molar-refractivity contribution in [3.8, 4) is 0 Å². The van der Waals surface area contributed by atoms with Crippen LogP contribution in [0.25, 0.3) is 0 Å². The van der Waals surface area contributed by atoms with E-state index in [2.05, 4.69) is 25.8 Å². The number of thiazole rings is 1. The molecule has 15 heavy (non-hydrogen) atoms. The Labute approximate surface area is 95.7 Å². The normalized spacial score (nSPS) is 15.3. The van der Waals surface area contributed by atoms with Gasteiger partial charge in [-0.15, -0.1) is 11.3 Å². The Balaban J connectivity index is 3.09. The Bertz CT molecular complexity index is 297. The second kappa shape index (κ2) is 5.05. The minimum absolute atomic E-state index is 0.262. The monoisotopic (exact) mass is 228 g/mol. The fourth-order valence-electron chi connectivity index (χ4n) is 1.43. The lowest BCUT2D eigenvalue weighted by molar-refractivity contribution is -0.00166. The minimum atomic E-state index is -0.262. The summed E-state index contributed by atoms with van der Waals surface area (Å²) in [5, 5.41) is 1.05. The molecular weight excluding hydrogens is 208 g/mol. The number of rotatable bonds is 5. The number of methoxy groups -OCH3 is 1. The number of ether oxygens (including phenoxy) is 1. The average molecular weight is 228 g/mol. The van der Waals surface area contributed by atoms with E-state index in [0.29, 0.717) is 6.54 Å². The van der Waals surface area contributed by atoms with Crippen molar-refractivity contribution < 1.29 is 4.74 Å². The zero-order valence-corrected chi connectivity index (χ0v) is 10.8. The number of nitrogens with two attached hydrogens (primary N) is 1. The lowest BCUT2D eigenvalue weighted by Gasteiger charge is -2.23. The molecule has 0 bridgehead atoms. The van der Waals surface area contributed by atoms with Gasteiger partial charge >= 0.3 is 0 Å². The maximum Gasteiger partial charge on any atom is 0.125 e. The van der Waals surface area contributed by atoms with E-state index in [0.717, 1.165) is 23.5 Å². The van der Waals surface area contributed by atoms with E-state index >= 15 is 0 Å². The molecular formula is C11H20N2OS. The Morgan fingerprint density at radius 1 is 1.47 bits per heavy atom. The molecule has 0 amide bonds. The first-order valence-electron chi connectivity index (χ1n) is 5.35. The van der Waals surface area contributed by atoms with Crippen LogP contribution in [0.15, 0.2) is 0 Å². The van der Waals surface area contributed by atoms with Crippen LogP contribution in [0.2, 0.25) is 0 Å². The highest BCUT2D eigenvalue weighted by Gasteiger charge is 2.28. The van der Waals surface area contributed by atoms with Gasteiger partial charge in [0.1, 0.15) is 10.6 Å². The predicted molar refractivity (Wildman–Crippen MR) is 64.0 cm³/mol. The Morgan fingerprint density at radius 2 is 2.13 bits per heavy atom. The zero-order chi connectivity index (χ0) is 11.5. The molecule has 0 saturated heterocycles. The van der Waals surface area contributed by atoms with Crippen LogP contribution in [0.3, 0.4) is 0 Å². The molecule has 0 fully saturated rings. The van der Waals surface area contributed by atoms with Crippen molar-refractivity contribution in [3.63, 3.8) is 0 Å². The van der Waals surface area contributed by atoms with Gasteiger partial charge in [-0.3, -0.25) is 0 Å². The van der Waals surface area contributed by atoms with Gasteiger partial charge in [0.05, 0.1) is 5.69 Å². The molecule has 1 aromatic heterocycles. The Morgan fingerprint density at radius 3 is 2.47 bits per heavy atom. The minimum Gasteiger partial charge on any atom is -0.371 e. The first kappa shape index (κ1) is 12.6. The van der Waals surface area contributed by atoms with E-state index in [1.165, 1.54) is 4.88 Å². The Hall–Kier alpha value is -0.450. The van der Waals surface area contributed by atoms with Gasteiger partial charge in [0.15, 0.2) is 0 Å². The van der Waals surface area contributed by atoms with Crippen molar-refractivity contribution in [1.29, 1.82) is 0 Å². The molecule has 0 radical (unpaired) electrons. The molecule has 0 aliphatic rings. The lowest BCUT2D eigenvalue weighted by atomic mass is 10.1. The highest BCUT2D eigenvalue weighted by molar-refractivity contribution is 7.11. The van der Waals surface area contributed by atoms with Crippen molar-refractivity contribution in [2.45, 2.75) is 45.8 Å². The van der Waals surface area contributed by atoms with Crippen molar-refractivity contribution >= 4 is 11.3 Å². The van der Waals surface area contributed by atoms with Gasteiger partial charge < -0.3 is 10.5 Å². The summed E-state index contributed by atoms with van der Waals surface area (Å²) >= 11 is 1.68. The van der Waals surface area contributed by atoms with Crippen LogP contribution in [0.1, 0.15) is 42.8 Å². The topological polar surface area (TPSA) is 48.1 Å². The van der Waals surface area contributed by atoms with Crippen LogP contribution in [0.4, 0.5) is 0 Å². The second-order valence-corrected chi connectivity index (χ2v) is 4.82. The standard InChI is InChI=1S/C11H20N2OS/c1-5-8-9(7-12)15-10(13-8)11(3,6-2)14-4/h5-7,12H2,1-4H3. The van der Waals surface area contributed by atoms with Crippen molar-refractivity contribution in [1.82, 2.24) is 4.98 Å². The maximum atomic E-state index is 5.70. The third-order valence-corrected chi connectivity index (χ3v) is 4.24. The van der Waals surface area contributed by atoms with Gasteiger partial charge in [-0.05, 0) is 19.8 Å². The van der Waals surface area contributed by atoms with Gasteiger partial charge in [-0.2, -0.15) is 0 Å². The molecule has 1 aromatic rings. The molecule has 0 saturated carbocycles. The number of aromatic nitrogens is 1. The van der Waals surface area contributed by atoms with Gasteiger partial charge in [-0.25, -0.2) is 4.98 Å². The Kier molecular flexibility index (Phi) is 4.25. The largest absolute Gasteiger partial charge is 0.371 e. The number of nitrogens with zero attached hydrogens (tertiary/aromatic N) is 1. The summed E-state index contributed by atoms with van der Waals surface area (Å²) in [5.41, 5.74) is 6.55. The fraction of sp³-hybridized carbons (Fsp3) is 0.727. The second-order valence-electron chi connectivity index (χ2n) is 3.74. The van der Waals surface area contributed by atoms with Crippen molar-refractivity contribution in [3.05, 3.63) is 15.6 Å². The summed E-state index contributed by atoms with van der Waals surface area (Å²) in [6.07, 6.45) is 1.86. The summed E-state index contributed by atoms with van der Waals surface area (Å²) in [6.45, 7) is 6.86. The van der Waals surface area contributed by atoms with Gasteiger partial charge in [-0.1, -0.05) is 13.8 Å². The summed E-state index contributed by atoms with van der Waals surface area (Å²) in [5.74, 6) is 0. The molecule has 86 valence electrons. The smallest absolute Gasteiger partial charge is 0.125 e. The van der Waals surface area contributed by atoms with Crippen LogP contribution < -0.4 is 5.73 Å². The van der Waals surface area contributed by atoms with E-state index in [1.807, 2.05) is 0 Å². The predicted octanol–water partition coefficient (Wildman–Crippen LogP) is 2.44. The lowest BCUT2D eigenvalue weighted by Crippen LogP contribution is -2.22. The molecule has 2 N–H and O–H groups in total. The zero-order valence-electron chi connectivity index (χ0n) is 9.96. The highest BCUT2D eigenvalue weighted by atomic mass is 32.1. The number of hydrogen-bond acceptors (Lipinski definition) is 4. The summed E-state index contributed by atoms with van der Waals surface area (Å²) in [7, 11) is 1.73. The third kappa shape index (κ3) is 2.38. The van der Waals surface area contributed by atoms with E-state index < -0.39 is 0 Å². The van der Waals surface area contributed by atoms with Crippen molar-refractivity contribution in [2.24, 2.45) is 5.73 Å². The van der Waals surface area contributed by atoms with Crippen LogP contribution in [0.5, 0.6) is 0 Å². The average Bonchev–Trinajstić information content (AvgIpc) is 2.71. The number of aryl methyl sites for hydroxylation is 1. The molecule has 3 nitrogen and oxygen atoms in total. The van der Waals surface area contributed by atoms with Crippen LogP contribution >= 0.6 is 11.3 Å². The molecule has 0 spiro atoms. The maximum absolute atomic E-state index is 5.70. The van der Waals surface area contributed by atoms with Gasteiger partial charge in [0.25, 0.3) is 0 Å². The molecule has 4 heteroatoms. The van der Waals surface area contributed by atoms with Crippen LogP contribution in [-0.4, -0.2) is 12.1 Å². The molecule has 1 atom stereocenters. The summed E-state index contributed by atoms with van der Waals surface area (Å²) in [6, 6.07) is 0. The van der Waals surface area contributed by atoms with E-state index in [9.17, 15) is 0 Å². The van der Waals surface area contributed by atoms with E-state index in [-0.39, 0.29) is 5.60 Å². The molecule has 0 aromatic carbocycles. The van der Waals surface area contributed by atoms with Crippen LogP contribution in [-0.2, 0) is 23.3 Å². The molecule has 1 unspecified atom stereocenters. The summed E-state index contributed by atoms with van der Waals surface area (Å²) in [4.78, 5) is 5.81. The molecule has 1 rings (SSSR count). The highest BCUT2D eigenvalue weighted by Crippen LogP contribution is 2.33. The van der Waals surface area contributed by atoms with E-state index in [4.69, 9.17) is 10.5 Å².